The standard InChI is InChI=1S/C27H31ClFN5O4/c1-5-20(36)32-11-12-34-16(13-32)14-38-25-22(27(34)37)26(33-10-9-18(15(33)2)31(3)4)30-24(23(25)28)21-17(29)7-6-8-19(21)35/h5-8,15-16,18,35H,1,9-14H2,2-4H3/t15-,16+,18?/m0/s1. The Hall–Kier alpha value is -3.37. The minimum absolute atomic E-state index is 0.00709. The summed E-state index contributed by atoms with van der Waals surface area (Å²) in [6.07, 6.45) is 2.10. The van der Waals surface area contributed by atoms with E-state index in [9.17, 15) is 14.7 Å². The Balaban J connectivity index is 1.67. The highest BCUT2D eigenvalue weighted by Gasteiger charge is 2.43. The van der Waals surface area contributed by atoms with E-state index in [-0.39, 0.29) is 70.4 Å². The highest BCUT2D eigenvalue weighted by atomic mass is 35.5. The van der Waals surface area contributed by atoms with Gasteiger partial charge in [0.2, 0.25) is 5.91 Å². The van der Waals surface area contributed by atoms with E-state index >= 15 is 4.39 Å². The van der Waals surface area contributed by atoms with Gasteiger partial charge in [-0.15, -0.1) is 0 Å². The molecule has 2 fully saturated rings. The Labute approximate surface area is 226 Å². The third-order valence-corrected chi connectivity index (χ3v) is 8.17. The van der Waals surface area contributed by atoms with Crippen molar-refractivity contribution in [2.75, 3.05) is 51.8 Å². The Morgan fingerprint density at radius 3 is 2.68 bits per heavy atom. The number of fused-ring (bicyclic) bond motifs is 2. The summed E-state index contributed by atoms with van der Waals surface area (Å²) in [6, 6.07) is 3.75. The van der Waals surface area contributed by atoms with Crippen molar-refractivity contribution in [3.8, 4) is 22.8 Å². The van der Waals surface area contributed by atoms with Crippen LogP contribution in [0.2, 0.25) is 5.02 Å². The average molecular weight is 544 g/mol. The molecule has 3 aliphatic rings. The van der Waals surface area contributed by atoms with Crippen LogP contribution in [-0.2, 0) is 4.79 Å². The summed E-state index contributed by atoms with van der Waals surface area (Å²) >= 11 is 6.80. The lowest BCUT2D eigenvalue weighted by Gasteiger charge is -2.39. The van der Waals surface area contributed by atoms with Crippen molar-refractivity contribution >= 4 is 29.2 Å². The number of phenolic OH excluding ortho intramolecular Hbond substituents is 1. The van der Waals surface area contributed by atoms with Gasteiger partial charge in [0.15, 0.2) is 5.75 Å². The number of aromatic nitrogens is 1. The number of carbonyl (C=O) groups excluding carboxylic acids is 2. The molecule has 0 bridgehead atoms. The van der Waals surface area contributed by atoms with Crippen molar-refractivity contribution in [2.24, 2.45) is 0 Å². The maximum absolute atomic E-state index is 15.0. The molecule has 2 amide bonds. The summed E-state index contributed by atoms with van der Waals surface area (Å²) in [5, 5.41) is 10.5. The van der Waals surface area contributed by atoms with Crippen molar-refractivity contribution in [3.05, 3.63) is 47.3 Å². The Kier molecular flexibility index (Phi) is 6.96. The molecule has 3 atom stereocenters. The molecule has 11 heteroatoms. The number of anilines is 1. The first-order valence-electron chi connectivity index (χ1n) is 12.6. The van der Waals surface area contributed by atoms with Gasteiger partial charge in [-0.25, -0.2) is 9.37 Å². The molecule has 1 aromatic carbocycles. The monoisotopic (exact) mass is 543 g/mol. The number of aromatic hydroxyl groups is 1. The molecule has 38 heavy (non-hydrogen) atoms. The second-order valence-corrected chi connectivity index (χ2v) is 10.5. The SMILES string of the molecule is C=CC(=O)N1CCN2C(=O)c3c(N4CCC(N(C)C)[C@@H]4C)nc(-c4c(O)cccc4F)c(Cl)c3OC[C@H]2C1. The number of amides is 2. The normalized spacial score (nSPS) is 23.2. The molecule has 2 aromatic rings. The van der Waals surface area contributed by atoms with Gasteiger partial charge in [-0.3, -0.25) is 9.59 Å². The van der Waals surface area contributed by atoms with E-state index in [4.69, 9.17) is 21.3 Å². The number of halogens is 2. The number of rotatable bonds is 4. The van der Waals surface area contributed by atoms with Gasteiger partial charge in [0, 0.05) is 38.3 Å². The number of hydrogen-bond donors (Lipinski definition) is 1. The van der Waals surface area contributed by atoms with Crippen molar-refractivity contribution in [1.29, 1.82) is 0 Å². The van der Waals surface area contributed by atoms with Crippen LogP contribution in [0.5, 0.6) is 11.5 Å². The van der Waals surface area contributed by atoms with Gasteiger partial charge in [-0.05, 0) is 45.6 Å². The van der Waals surface area contributed by atoms with E-state index in [2.05, 4.69) is 18.4 Å². The number of piperazine rings is 1. The van der Waals surface area contributed by atoms with Crippen LogP contribution in [0.4, 0.5) is 10.2 Å². The van der Waals surface area contributed by atoms with Crippen molar-refractivity contribution in [2.45, 2.75) is 31.5 Å². The van der Waals surface area contributed by atoms with Crippen LogP contribution in [0.25, 0.3) is 11.3 Å². The third kappa shape index (κ3) is 4.25. The molecule has 0 spiro atoms. The maximum Gasteiger partial charge on any atom is 0.261 e. The largest absolute Gasteiger partial charge is 0.507 e. The van der Waals surface area contributed by atoms with Crippen LogP contribution in [0, 0.1) is 5.82 Å². The predicted molar refractivity (Wildman–Crippen MR) is 142 cm³/mol. The van der Waals surface area contributed by atoms with E-state index in [1.807, 2.05) is 19.0 Å². The van der Waals surface area contributed by atoms with E-state index in [0.717, 1.165) is 6.42 Å². The van der Waals surface area contributed by atoms with Crippen molar-refractivity contribution < 1.29 is 23.8 Å². The lowest BCUT2D eigenvalue weighted by atomic mass is 10.0. The molecule has 202 valence electrons. The average Bonchev–Trinajstić information content (AvgIpc) is 3.21. The van der Waals surface area contributed by atoms with Gasteiger partial charge in [0.25, 0.3) is 5.91 Å². The Morgan fingerprint density at radius 1 is 1.26 bits per heavy atom. The smallest absolute Gasteiger partial charge is 0.261 e. The van der Waals surface area contributed by atoms with Gasteiger partial charge >= 0.3 is 0 Å². The maximum atomic E-state index is 15.0. The summed E-state index contributed by atoms with van der Waals surface area (Å²) in [5.41, 5.74) is 0.0674. The Morgan fingerprint density at radius 2 is 2.03 bits per heavy atom. The van der Waals surface area contributed by atoms with Gasteiger partial charge in [-0.1, -0.05) is 24.2 Å². The number of hydrogen-bond acceptors (Lipinski definition) is 7. The van der Waals surface area contributed by atoms with Gasteiger partial charge in [0.05, 0.1) is 11.6 Å². The van der Waals surface area contributed by atoms with Crippen molar-refractivity contribution in [3.63, 3.8) is 0 Å². The molecule has 3 aliphatic heterocycles. The number of carbonyl (C=O) groups is 2. The molecule has 1 N–H and O–H groups in total. The number of pyridine rings is 1. The first kappa shape index (κ1) is 26.2. The topological polar surface area (TPSA) is 89.5 Å². The first-order valence-corrected chi connectivity index (χ1v) is 13.0. The lowest BCUT2D eigenvalue weighted by molar-refractivity contribution is -0.128. The molecule has 0 saturated carbocycles. The zero-order valence-corrected chi connectivity index (χ0v) is 22.4. The molecule has 9 nitrogen and oxygen atoms in total. The van der Waals surface area contributed by atoms with Gasteiger partial charge in [0.1, 0.15) is 40.3 Å². The van der Waals surface area contributed by atoms with E-state index in [1.165, 1.54) is 24.3 Å². The number of ether oxygens (including phenoxy) is 1. The molecule has 0 radical (unpaired) electrons. The second-order valence-electron chi connectivity index (χ2n) is 10.1. The molecule has 1 unspecified atom stereocenters. The number of phenols is 1. The van der Waals surface area contributed by atoms with E-state index < -0.39 is 11.9 Å². The fourth-order valence-corrected chi connectivity index (χ4v) is 6.09. The Bertz CT molecular complexity index is 1280. The van der Waals surface area contributed by atoms with E-state index in [0.29, 0.717) is 25.5 Å². The summed E-state index contributed by atoms with van der Waals surface area (Å²) in [6.45, 7) is 7.29. The van der Waals surface area contributed by atoms with Crippen LogP contribution in [0.15, 0.2) is 30.9 Å². The van der Waals surface area contributed by atoms with Crippen LogP contribution in [0.1, 0.15) is 23.7 Å². The number of likely N-dealkylation sites (N-methyl/N-ethyl adjacent to an activating group) is 1. The summed E-state index contributed by atoms with van der Waals surface area (Å²) in [5.74, 6) is -1.08. The second kappa shape index (κ2) is 10.1. The zero-order valence-electron chi connectivity index (χ0n) is 21.7. The summed E-state index contributed by atoms with van der Waals surface area (Å²) < 4.78 is 21.2. The third-order valence-electron chi connectivity index (χ3n) is 7.82. The lowest BCUT2D eigenvalue weighted by Crippen LogP contribution is -2.57. The minimum atomic E-state index is -0.693. The fraction of sp³-hybridized carbons (Fsp3) is 0.444. The molecular formula is C27H31ClFN5O4. The van der Waals surface area contributed by atoms with Crippen LogP contribution in [0.3, 0.4) is 0 Å². The molecular weight excluding hydrogens is 513 g/mol. The number of benzene rings is 1. The van der Waals surface area contributed by atoms with Gasteiger partial charge < -0.3 is 29.4 Å². The highest BCUT2D eigenvalue weighted by molar-refractivity contribution is 6.35. The molecule has 1 aromatic heterocycles. The quantitative estimate of drug-likeness (QED) is 0.593. The minimum Gasteiger partial charge on any atom is -0.507 e. The zero-order chi connectivity index (χ0) is 27.3. The number of nitrogens with zero attached hydrogens (tertiary/aromatic N) is 5. The summed E-state index contributed by atoms with van der Waals surface area (Å²) in [7, 11) is 4.01. The summed E-state index contributed by atoms with van der Waals surface area (Å²) in [4.78, 5) is 38.6. The first-order chi connectivity index (χ1) is 18.1. The molecule has 4 heterocycles. The molecule has 2 saturated heterocycles. The molecule has 0 aliphatic carbocycles. The molecule has 5 rings (SSSR count). The van der Waals surface area contributed by atoms with Crippen LogP contribution < -0.4 is 9.64 Å². The van der Waals surface area contributed by atoms with Gasteiger partial charge in [-0.2, -0.15) is 0 Å². The van der Waals surface area contributed by atoms with E-state index in [1.54, 1.807) is 9.80 Å². The van der Waals surface area contributed by atoms with Crippen molar-refractivity contribution in [1.82, 2.24) is 19.7 Å². The highest BCUT2D eigenvalue weighted by Crippen LogP contribution is 2.47. The van der Waals surface area contributed by atoms with Crippen LogP contribution in [-0.4, -0.2) is 102 Å². The van der Waals surface area contributed by atoms with Crippen LogP contribution >= 0.6 is 11.6 Å². The predicted octanol–water partition coefficient (Wildman–Crippen LogP) is 3.01. The fourth-order valence-electron chi connectivity index (χ4n) is 5.81.